The van der Waals surface area contributed by atoms with Gasteiger partial charge in [0.05, 0.1) is 5.60 Å². The fraction of sp³-hybridized carbons (Fsp3) is 0.750. The summed E-state index contributed by atoms with van der Waals surface area (Å²) in [4.78, 5) is 36.0. The molecule has 0 aromatic carbocycles. The van der Waals surface area contributed by atoms with Crippen molar-refractivity contribution in [1.82, 2.24) is 15.5 Å². The highest BCUT2D eigenvalue weighted by atomic mass is 16.3. The molecule has 0 aromatic heterocycles. The standard InChI is InChI=1S/C12H19N3O4/c1-11(2)9(17)15(10(18)14-11)6-8(16)13-7-12(19)4-3-5-12/h19H,3-7H2,1-2H3,(H,13,16)(H,14,18). The molecule has 106 valence electrons. The van der Waals surface area contributed by atoms with Gasteiger partial charge in [-0.25, -0.2) is 4.79 Å². The van der Waals surface area contributed by atoms with Crippen LogP contribution in [-0.2, 0) is 9.59 Å². The molecule has 0 spiro atoms. The zero-order chi connectivity index (χ0) is 14.3. The second-order valence-electron chi connectivity index (χ2n) is 5.80. The summed E-state index contributed by atoms with van der Waals surface area (Å²) in [5.74, 6) is -0.864. The van der Waals surface area contributed by atoms with E-state index in [-0.39, 0.29) is 13.1 Å². The van der Waals surface area contributed by atoms with E-state index in [1.165, 1.54) is 0 Å². The predicted octanol–water partition coefficient (Wildman–Crippen LogP) is -0.652. The molecule has 19 heavy (non-hydrogen) atoms. The van der Waals surface area contributed by atoms with Gasteiger partial charge in [-0.15, -0.1) is 0 Å². The Morgan fingerprint density at radius 2 is 2.05 bits per heavy atom. The minimum absolute atomic E-state index is 0.166. The number of nitrogens with zero attached hydrogens (tertiary/aromatic N) is 1. The molecular weight excluding hydrogens is 250 g/mol. The van der Waals surface area contributed by atoms with Crippen molar-refractivity contribution in [3.63, 3.8) is 0 Å². The number of amides is 4. The maximum absolute atomic E-state index is 11.9. The molecule has 0 radical (unpaired) electrons. The maximum Gasteiger partial charge on any atom is 0.325 e. The van der Waals surface area contributed by atoms with Gasteiger partial charge in [0, 0.05) is 6.54 Å². The average Bonchev–Trinajstić information content (AvgIpc) is 2.46. The van der Waals surface area contributed by atoms with E-state index in [9.17, 15) is 19.5 Å². The monoisotopic (exact) mass is 269 g/mol. The van der Waals surface area contributed by atoms with Crippen molar-refractivity contribution in [2.45, 2.75) is 44.2 Å². The third-order valence-electron chi connectivity index (χ3n) is 3.65. The largest absolute Gasteiger partial charge is 0.388 e. The first-order valence-corrected chi connectivity index (χ1v) is 6.37. The summed E-state index contributed by atoms with van der Waals surface area (Å²) in [6.45, 7) is 3.02. The van der Waals surface area contributed by atoms with E-state index in [1.807, 2.05) is 0 Å². The van der Waals surface area contributed by atoms with Crippen LogP contribution in [0.2, 0.25) is 0 Å². The second kappa shape index (κ2) is 4.48. The SMILES string of the molecule is CC1(C)NC(=O)N(CC(=O)NCC2(O)CCC2)C1=O. The Hall–Kier alpha value is -1.63. The number of urea groups is 1. The number of nitrogens with one attached hydrogen (secondary N) is 2. The summed E-state index contributed by atoms with van der Waals surface area (Å²) in [7, 11) is 0. The predicted molar refractivity (Wildman–Crippen MR) is 66.1 cm³/mol. The smallest absolute Gasteiger partial charge is 0.325 e. The van der Waals surface area contributed by atoms with Crippen LogP contribution in [0.25, 0.3) is 0 Å². The lowest BCUT2D eigenvalue weighted by Gasteiger charge is -2.36. The lowest BCUT2D eigenvalue weighted by Crippen LogP contribution is -2.50. The van der Waals surface area contributed by atoms with Gasteiger partial charge in [-0.2, -0.15) is 0 Å². The summed E-state index contributed by atoms with van der Waals surface area (Å²) < 4.78 is 0. The lowest BCUT2D eigenvalue weighted by atomic mass is 9.80. The van der Waals surface area contributed by atoms with E-state index in [0.29, 0.717) is 12.8 Å². The van der Waals surface area contributed by atoms with Gasteiger partial charge < -0.3 is 15.7 Å². The first-order valence-electron chi connectivity index (χ1n) is 6.37. The third kappa shape index (κ3) is 2.70. The van der Waals surface area contributed by atoms with Gasteiger partial charge in [0.2, 0.25) is 5.91 Å². The van der Waals surface area contributed by atoms with Crippen LogP contribution >= 0.6 is 0 Å². The molecule has 1 aliphatic heterocycles. The molecule has 7 heteroatoms. The Balaban J connectivity index is 1.85. The molecule has 7 nitrogen and oxygen atoms in total. The Labute approximate surface area is 111 Å². The van der Waals surface area contributed by atoms with Crippen LogP contribution in [0.4, 0.5) is 4.79 Å². The summed E-state index contributed by atoms with van der Waals surface area (Å²) >= 11 is 0. The van der Waals surface area contributed by atoms with E-state index in [4.69, 9.17) is 0 Å². The van der Waals surface area contributed by atoms with E-state index in [2.05, 4.69) is 10.6 Å². The summed E-state index contributed by atoms with van der Waals surface area (Å²) in [5, 5.41) is 14.9. The van der Waals surface area contributed by atoms with Crippen molar-refractivity contribution in [3.8, 4) is 0 Å². The molecule has 2 fully saturated rings. The lowest BCUT2D eigenvalue weighted by molar-refractivity contribution is -0.134. The van der Waals surface area contributed by atoms with Crippen molar-refractivity contribution in [3.05, 3.63) is 0 Å². The molecule has 1 aliphatic carbocycles. The molecule has 1 saturated carbocycles. The first kappa shape index (κ1) is 13.8. The van der Waals surface area contributed by atoms with Gasteiger partial charge in [-0.05, 0) is 33.1 Å². The number of hydrogen-bond donors (Lipinski definition) is 3. The number of rotatable bonds is 4. The number of carbonyl (C=O) groups is 3. The van der Waals surface area contributed by atoms with Gasteiger partial charge in [-0.1, -0.05) is 0 Å². The molecule has 1 saturated heterocycles. The Morgan fingerprint density at radius 1 is 1.42 bits per heavy atom. The first-order chi connectivity index (χ1) is 8.73. The molecule has 0 atom stereocenters. The molecule has 4 amide bonds. The summed E-state index contributed by atoms with van der Waals surface area (Å²) in [6, 6.07) is -0.562. The highest BCUT2D eigenvalue weighted by Gasteiger charge is 2.45. The van der Waals surface area contributed by atoms with Crippen LogP contribution in [0.1, 0.15) is 33.1 Å². The van der Waals surface area contributed by atoms with Crippen LogP contribution in [0.15, 0.2) is 0 Å². The van der Waals surface area contributed by atoms with E-state index >= 15 is 0 Å². The molecule has 1 heterocycles. The van der Waals surface area contributed by atoms with Crippen molar-refractivity contribution in [2.24, 2.45) is 0 Å². The van der Waals surface area contributed by atoms with Gasteiger partial charge >= 0.3 is 6.03 Å². The summed E-state index contributed by atoms with van der Waals surface area (Å²) in [6.07, 6.45) is 2.29. The average molecular weight is 269 g/mol. The fourth-order valence-corrected chi connectivity index (χ4v) is 2.19. The maximum atomic E-state index is 11.9. The van der Waals surface area contributed by atoms with Crippen molar-refractivity contribution in [2.75, 3.05) is 13.1 Å². The van der Waals surface area contributed by atoms with E-state index in [0.717, 1.165) is 11.3 Å². The quantitative estimate of drug-likeness (QED) is 0.590. The van der Waals surface area contributed by atoms with Crippen molar-refractivity contribution < 1.29 is 19.5 Å². The molecule has 0 unspecified atom stereocenters. The van der Waals surface area contributed by atoms with Crippen LogP contribution in [-0.4, -0.2) is 52.1 Å². The molecule has 2 rings (SSSR count). The number of aliphatic hydroxyl groups is 1. The topological polar surface area (TPSA) is 98.7 Å². The Bertz CT molecular complexity index is 429. The number of carbonyl (C=O) groups excluding carboxylic acids is 3. The van der Waals surface area contributed by atoms with Gasteiger partial charge in [0.1, 0.15) is 12.1 Å². The molecule has 0 aromatic rings. The zero-order valence-electron chi connectivity index (χ0n) is 11.2. The van der Waals surface area contributed by atoms with E-state index < -0.39 is 29.0 Å². The normalized spacial score (nSPS) is 23.8. The Morgan fingerprint density at radius 3 is 2.47 bits per heavy atom. The van der Waals surface area contributed by atoms with Gasteiger partial charge in [0.15, 0.2) is 0 Å². The summed E-state index contributed by atoms with van der Waals surface area (Å²) in [5.41, 5.74) is -1.78. The van der Waals surface area contributed by atoms with Gasteiger partial charge in [0.25, 0.3) is 5.91 Å². The van der Waals surface area contributed by atoms with Crippen LogP contribution in [0.3, 0.4) is 0 Å². The molecule has 0 bridgehead atoms. The molecule has 2 aliphatic rings. The Kier molecular flexibility index (Phi) is 3.25. The second-order valence-corrected chi connectivity index (χ2v) is 5.80. The minimum atomic E-state index is -0.969. The van der Waals surface area contributed by atoms with Crippen LogP contribution < -0.4 is 10.6 Å². The van der Waals surface area contributed by atoms with Crippen LogP contribution in [0, 0.1) is 0 Å². The van der Waals surface area contributed by atoms with Gasteiger partial charge in [-0.3, -0.25) is 14.5 Å². The van der Waals surface area contributed by atoms with Crippen molar-refractivity contribution in [1.29, 1.82) is 0 Å². The van der Waals surface area contributed by atoms with E-state index in [1.54, 1.807) is 13.8 Å². The fourth-order valence-electron chi connectivity index (χ4n) is 2.19. The van der Waals surface area contributed by atoms with Crippen molar-refractivity contribution >= 4 is 17.8 Å². The molecular formula is C12H19N3O4. The third-order valence-corrected chi connectivity index (χ3v) is 3.65. The zero-order valence-corrected chi connectivity index (χ0v) is 11.2. The number of hydrogen-bond acceptors (Lipinski definition) is 4. The number of imide groups is 1. The molecule has 3 N–H and O–H groups in total. The minimum Gasteiger partial charge on any atom is -0.388 e. The van der Waals surface area contributed by atoms with Crippen LogP contribution in [0.5, 0.6) is 0 Å². The highest BCUT2D eigenvalue weighted by Crippen LogP contribution is 2.30. The highest BCUT2D eigenvalue weighted by molar-refractivity contribution is 6.08.